The number of para-hydroxylation sites is 1. The van der Waals surface area contributed by atoms with Crippen LogP contribution in [0, 0.1) is 5.92 Å². The number of nitrogens with zero attached hydrogens (tertiary/aromatic N) is 3. The normalized spacial score (nSPS) is 14.1. The molecule has 1 amide bonds. The number of methoxy groups -OCH3 is 1. The van der Waals surface area contributed by atoms with Crippen LogP contribution in [0.2, 0.25) is 0 Å². The second kappa shape index (κ2) is 12.4. The molecule has 1 aromatic heterocycles. The first-order valence-electron chi connectivity index (χ1n) is 12.4. The summed E-state index contributed by atoms with van der Waals surface area (Å²) in [5.74, 6) is 0.799. The van der Waals surface area contributed by atoms with E-state index in [0.29, 0.717) is 58.1 Å². The Labute approximate surface area is 211 Å². The third-order valence-corrected chi connectivity index (χ3v) is 6.37. The van der Waals surface area contributed by atoms with Gasteiger partial charge in [0.2, 0.25) is 5.89 Å². The SMILES string of the molecule is CCOC(=O)C1CCN(C(=O)c2coc(CN(Cc3ccccc3)Cc3ccccc3OC)n2)CC1. The number of aromatic nitrogens is 1. The van der Waals surface area contributed by atoms with Gasteiger partial charge in [-0.1, -0.05) is 48.5 Å². The van der Waals surface area contributed by atoms with Gasteiger partial charge < -0.3 is 18.8 Å². The van der Waals surface area contributed by atoms with E-state index < -0.39 is 0 Å². The molecule has 1 aliphatic rings. The molecule has 2 heterocycles. The van der Waals surface area contributed by atoms with Crippen molar-refractivity contribution in [2.75, 3.05) is 26.8 Å². The molecule has 36 heavy (non-hydrogen) atoms. The smallest absolute Gasteiger partial charge is 0.309 e. The molecule has 1 aliphatic heterocycles. The number of rotatable bonds is 10. The van der Waals surface area contributed by atoms with E-state index in [1.807, 2.05) is 42.5 Å². The molecule has 0 N–H and O–H groups in total. The zero-order chi connectivity index (χ0) is 25.3. The minimum atomic E-state index is -0.179. The van der Waals surface area contributed by atoms with Crippen molar-refractivity contribution in [3.05, 3.63) is 83.6 Å². The summed E-state index contributed by atoms with van der Waals surface area (Å²) >= 11 is 0. The Balaban J connectivity index is 1.42. The average Bonchev–Trinajstić information content (AvgIpc) is 3.38. The third kappa shape index (κ3) is 6.51. The van der Waals surface area contributed by atoms with Crippen LogP contribution in [0.15, 0.2) is 65.3 Å². The number of carbonyl (C=O) groups excluding carboxylic acids is 2. The van der Waals surface area contributed by atoms with Gasteiger partial charge in [-0.05, 0) is 31.4 Å². The van der Waals surface area contributed by atoms with Gasteiger partial charge in [0.15, 0.2) is 5.69 Å². The van der Waals surface area contributed by atoms with Crippen molar-refractivity contribution >= 4 is 11.9 Å². The largest absolute Gasteiger partial charge is 0.496 e. The zero-order valence-corrected chi connectivity index (χ0v) is 20.9. The first-order chi connectivity index (χ1) is 17.6. The van der Waals surface area contributed by atoms with Gasteiger partial charge in [0, 0.05) is 31.7 Å². The van der Waals surface area contributed by atoms with E-state index in [2.05, 4.69) is 22.0 Å². The van der Waals surface area contributed by atoms with Gasteiger partial charge in [-0.25, -0.2) is 4.98 Å². The first-order valence-corrected chi connectivity index (χ1v) is 12.4. The summed E-state index contributed by atoms with van der Waals surface area (Å²) in [6, 6.07) is 18.1. The number of carbonyl (C=O) groups is 2. The molecule has 2 aromatic carbocycles. The monoisotopic (exact) mass is 491 g/mol. The first kappa shape index (κ1) is 25.4. The van der Waals surface area contributed by atoms with Crippen LogP contribution in [0.3, 0.4) is 0 Å². The van der Waals surface area contributed by atoms with Crippen molar-refractivity contribution in [2.24, 2.45) is 5.92 Å². The Morgan fingerprint density at radius 1 is 1.03 bits per heavy atom. The Bertz CT molecular complexity index is 1140. The molecule has 0 unspecified atom stereocenters. The number of esters is 1. The fourth-order valence-corrected chi connectivity index (χ4v) is 4.50. The van der Waals surface area contributed by atoms with Gasteiger partial charge >= 0.3 is 5.97 Å². The van der Waals surface area contributed by atoms with E-state index >= 15 is 0 Å². The predicted octanol–water partition coefficient (Wildman–Crippen LogP) is 4.30. The minimum absolute atomic E-state index is 0.150. The van der Waals surface area contributed by atoms with Crippen LogP contribution in [0.4, 0.5) is 0 Å². The van der Waals surface area contributed by atoms with Crippen molar-refractivity contribution in [3.63, 3.8) is 0 Å². The maximum Gasteiger partial charge on any atom is 0.309 e. The van der Waals surface area contributed by atoms with Crippen molar-refractivity contribution in [3.8, 4) is 5.75 Å². The molecule has 1 fully saturated rings. The van der Waals surface area contributed by atoms with Crippen LogP contribution in [-0.4, -0.2) is 53.5 Å². The molecule has 0 spiro atoms. The Hall–Kier alpha value is -3.65. The van der Waals surface area contributed by atoms with Crippen molar-refractivity contribution < 1.29 is 23.5 Å². The maximum atomic E-state index is 13.0. The molecule has 0 atom stereocenters. The quantitative estimate of drug-likeness (QED) is 0.391. The van der Waals surface area contributed by atoms with Crippen molar-refractivity contribution in [1.29, 1.82) is 0 Å². The number of likely N-dealkylation sites (tertiary alicyclic amines) is 1. The van der Waals surface area contributed by atoms with E-state index in [-0.39, 0.29) is 23.5 Å². The summed E-state index contributed by atoms with van der Waals surface area (Å²) in [7, 11) is 1.67. The van der Waals surface area contributed by atoms with Crippen LogP contribution < -0.4 is 4.74 Å². The van der Waals surface area contributed by atoms with Crippen LogP contribution in [0.25, 0.3) is 0 Å². The molecule has 8 heteroatoms. The van der Waals surface area contributed by atoms with E-state index in [1.54, 1.807) is 18.9 Å². The Morgan fingerprint density at radius 3 is 2.47 bits per heavy atom. The van der Waals surface area contributed by atoms with E-state index in [9.17, 15) is 9.59 Å². The topological polar surface area (TPSA) is 85.1 Å². The van der Waals surface area contributed by atoms with Crippen LogP contribution in [0.5, 0.6) is 5.75 Å². The molecule has 8 nitrogen and oxygen atoms in total. The molecule has 1 saturated heterocycles. The number of benzene rings is 2. The van der Waals surface area contributed by atoms with Crippen molar-refractivity contribution in [1.82, 2.24) is 14.8 Å². The van der Waals surface area contributed by atoms with Crippen LogP contribution in [-0.2, 0) is 29.2 Å². The lowest BCUT2D eigenvalue weighted by atomic mass is 9.97. The molecular weight excluding hydrogens is 458 g/mol. The number of ether oxygens (including phenoxy) is 2. The summed E-state index contributed by atoms with van der Waals surface area (Å²) in [4.78, 5) is 33.5. The van der Waals surface area contributed by atoms with Gasteiger partial charge in [-0.15, -0.1) is 0 Å². The van der Waals surface area contributed by atoms with E-state index in [4.69, 9.17) is 13.9 Å². The number of hydrogen-bond donors (Lipinski definition) is 0. The molecule has 0 bridgehead atoms. The summed E-state index contributed by atoms with van der Waals surface area (Å²) < 4.78 is 16.4. The maximum absolute atomic E-state index is 13.0. The lowest BCUT2D eigenvalue weighted by molar-refractivity contribution is -0.149. The molecule has 0 radical (unpaired) electrons. The molecule has 190 valence electrons. The fourth-order valence-electron chi connectivity index (χ4n) is 4.50. The number of hydrogen-bond acceptors (Lipinski definition) is 7. The molecule has 4 rings (SSSR count). The fraction of sp³-hybridized carbons (Fsp3) is 0.393. The second-order valence-corrected chi connectivity index (χ2v) is 8.89. The standard InChI is InChI=1S/C28H33N3O5/c1-3-35-28(33)22-13-15-31(16-14-22)27(32)24-20-36-26(29-24)19-30(17-21-9-5-4-6-10-21)18-23-11-7-8-12-25(23)34-2/h4-12,20,22H,3,13-19H2,1-2H3. The molecule has 3 aromatic rings. The lowest BCUT2D eigenvalue weighted by Gasteiger charge is -2.30. The highest BCUT2D eigenvalue weighted by atomic mass is 16.5. The number of amides is 1. The van der Waals surface area contributed by atoms with Gasteiger partial charge in [-0.3, -0.25) is 14.5 Å². The molecular formula is C28H33N3O5. The summed E-state index contributed by atoms with van der Waals surface area (Å²) in [5, 5.41) is 0. The van der Waals surface area contributed by atoms with Gasteiger partial charge in [0.1, 0.15) is 12.0 Å². The third-order valence-electron chi connectivity index (χ3n) is 6.37. The lowest BCUT2D eigenvalue weighted by Crippen LogP contribution is -2.40. The Kier molecular flexibility index (Phi) is 8.73. The number of piperidine rings is 1. The molecule has 0 aliphatic carbocycles. The zero-order valence-electron chi connectivity index (χ0n) is 20.9. The summed E-state index contributed by atoms with van der Waals surface area (Å²) in [5.41, 5.74) is 2.51. The number of oxazole rings is 1. The van der Waals surface area contributed by atoms with Gasteiger partial charge in [0.25, 0.3) is 5.91 Å². The highest BCUT2D eigenvalue weighted by Gasteiger charge is 2.30. The Morgan fingerprint density at radius 2 is 1.75 bits per heavy atom. The summed E-state index contributed by atoms with van der Waals surface area (Å²) in [6.07, 6.45) is 2.62. The minimum Gasteiger partial charge on any atom is -0.496 e. The van der Waals surface area contributed by atoms with E-state index in [0.717, 1.165) is 11.3 Å². The second-order valence-electron chi connectivity index (χ2n) is 8.89. The van der Waals surface area contributed by atoms with E-state index in [1.165, 1.54) is 11.8 Å². The summed E-state index contributed by atoms with van der Waals surface area (Å²) in [6.45, 7) is 4.92. The van der Waals surface area contributed by atoms with Crippen LogP contribution >= 0.6 is 0 Å². The predicted molar refractivity (Wildman–Crippen MR) is 134 cm³/mol. The highest BCUT2D eigenvalue weighted by molar-refractivity contribution is 5.92. The van der Waals surface area contributed by atoms with Gasteiger partial charge in [0.05, 0.1) is 26.2 Å². The van der Waals surface area contributed by atoms with Gasteiger partial charge in [-0.2, -0.15) is 0 Å². The van der Waals surface area contributed by atoms with Crippen LogP contribution in [0.1, 0.15) is 47.3 Å². The van der Waals surface area contributed by atoms with Crippen molar-refractivity contribution in [2.45, 2.75) is 39.4 Å². The highest BCUT2D eigenvalue weighted by Crippen LogP contribution is 2.23. The molecule has 0 saturated carbocycles. The average molecular weight is 492 g/mol.